The Hall–Kier alpha value is -2.61. The van der Waals surface area contributed by atoms with Gasteiger partial charge in [-0.3, -0.25) is 4.79 Å². The van der Waals surface area contributed by atoms with Crippen molar-refractivity contribution in [3.8, 4) is 22.9 Å². The van der Waals surface area contributed by atoms with Crippen LogP contribution in [0.2, 0.25) is 0 Å². The van der Waals surface area contributed by atoms with Crippen LogP contribution in [0.25, 0.3) is 11.4 Å². The zero-order chi connectivity index (χ0) is 19.7. The molecule has 1 saturated carbocycles. The highest BCUT2D eigenvalue weighted by atomic mass is 16.5. The molecular weight excluding hydrogens is 360 g/mol. The number of fused-ring (bicyclic) bond motifs is 3. The Morgan fingerprint density at radius 3 is 2.54 bits per heavy atom. The van der Waals surface area contributed by atoms with Gasteiger partial charge in [0.1, 0.15) is 6.61 Å². The zero-order valence-electron chi connectivity index (χ0n) is 16.6. The number of rotatable bonds is 5. The van der Waals surface area contributed by atoms with E-state index in [1.807, 2.05) is 23.1 Å². The fourth-order valence-electron chi connectivity index (χ4n) is 4.46. The average Bonchev–Trinajstić information content (AvgIpc) is 3.17. The minimum absolute atomic E-state index is 0.0151. The minimum Gasteiger partial charge on any atom is -0.493 e. The lowest BCUT2D eigenvalue weighted by molar-refractivity contribution is -0.141. The lowest BCUT2D eigenvalue weighted by atomic mass is 9.87. The number of nitrogens with zero attached hydrogens (tertiary/aromatic N) is 4. The number of ether oxygens (including phenoxy) is 3. The molecule has 4 rings (SSSR count). The van der Waals surface area contributed by atoms with Gasteiger partial charge >= 0.3 is 0 Å². The minimum atomic E-state index is 0.0151. The van der Waals surface area contributed by atoms with Crippen molar-refractivity contribution in [1.82, 2.24) is 19.7 Å². The summed E-state index contributed by atoms with van der Waals surface area (Å²) in [5, 5.41) is 8.90. The second-order valence-electron chi connectivity index (χ2n) is 7.25. The van der Waals surface area contributed by atoms with E-state index < -0.39 is 0 Å². The summed E-state index contributed by atoms with van der Waals surface area (Å²) in [7, 11) is 4.80. The monoisotopic (exact) mass is 386 g/mol. The van der Waals surface area contributed by atoms with Crippen LogP contribution in [0.1, 0.15) is 37.5 Å². The fourth-order valence-corrected chi connectivity index (χ4v) is 4.46. The van der Waals surface area contributed by atoms with Crippen molar-refractivity contribution in [2.45, 2.75) is 44.3 Å². The normalized spacial score (nSPS) is 21.0. The molecule has 1 aromatic heterocycles. The van der Waals surface area contributed by atoms with Gasteiger partial charge in [0.15, 0.2) is 23.1 Å². The summed E-state index contributed by atoms with van der Waals surface area (Å²) in [4.78, 5) is 14.5. The number of benzene rings is 1. The lowest BCUT2D eigenvalue weighted by Crippen LogP contribution is -2.51. The maximum atomic E-state index is 12.6. The van der Waals surface area contributed by atoms with E-state index in [0.717, 1.165) is 42.9 Å². The summed E-state index contributed by atoms with van der Waals surface area (Å²) in [6.45, 7) is 0.559. The lowest BCUT2D eigenvalue weighted by Gasteiger charge is -2.44. The fraction of sp³-hybridized carbons (Fsp3) is 0.550. The first-order valence-electron chi connectivity index (χ1n) is 9.62. The molecule has 1 fully saturated rings. The van der Waals surface area contributed by atoms with Crippen LogP contribution in [0.4, 0.5) is 0 Å². The number of amides is 1. The molecule has 0 bridgehead atoms. The van der Waals surface area contributed by atoms with Gasteiger partial charge in [0.05, 0.1) is 32.8 Å². The molecule has 0 radical (unpaired) electrons. The molecule has 0 N–H and O–H groups in total. The third-order valence-corrected chi connectivity index (χ3v) is 5.73. The van der Waals surface area contributed by atoms with Crippen LogP contribution in [0.3, 0.4) is 0 Å². The molecule has 1 aliphatic heterocycles. The molecule has 8 nitrogen and oxygen atoms in total. The summed E-state index contributed by atoms with van der Waals surface area (Å²) in [5.74, 6) is 2.98. The second-order valence-corrected chi connectivity index (χ2v) is 7.25. The molecule has 28 heavy (non-hydrogen) atoms. The molecule has 2 aliphatic rings. The van der Waals surface area contributed by atoms with Crippen LogP contribution in [0, 0.1) is 0 Å². The van der Waals surface area contributed by atoms with Gasteiger partial charge in [-0.1, -0.05) is 12.8 Å². The number of methoxy groups -OCH3 is 3. The molecule has 2 aromatic rings. The first-order valence-corrected chi connectivity index (χ1v) is 9.62. The summed E-state index contributed by atoms with van der Waals surface area (Å²) < 4.78 is 18.1. The largest absolute Gasteiger partial charge is 0.493 e. The van der Waals surface area contributed by atoms with Crippen LogP contribution in [-0.2, 0) is 16.1 Å². The highest BCUT2D eigenvalue weighted by Crippen LogP contribution is 2.41. The first-order chi connectivity index (χ1) is 13.7. The van der Waals surface area contributed by atoms with Gasteiger partial charge in [-0.25, -0.2) is 0 Å². The Balaban J connectivity index is 1.75. The Labute approximate surface area is 164 Å². The SMILES string of the molecule is COCC(=O)N1Cc2nnc(-c3ccc(OC)c(OC)c3)n2[C@@H]2CCCC[C@@H]21. The van der Waals surface area contributed by atoms with E-state index in [1.54, 1.807) is 21.3 Å². The average molecular weight is 386 g/mol. The zero-order valence-corrected chi connectivity index (χ0v) is 16.6. The van der Waals surface area contributed by atoms with Crippen LogP contribution in [0.5, 0.6) is 11.5 Å². The van der Waals surface area contributed by atoms with E-state index in [-0.39, 0.29) is 24.6 Å². The van der Waals surface area contributed by atoms with Crippen molar-refractivity contribution in [2.24, 2.45) is 0 Å². The van der Waals surface area contributed by atoms with Crippen LogP contribution >= 0.6 is 0 Å². The Bertz CT molecular complexity index is 866. The third kappa shape index (κ3) is 3.11. The molecule has 2 atom stereocenters. The number of carbonyl (C=O) groups excluding carboxylic acids is 1. The molecule has 0 unspecified atom stereocenters. The second kappa shape index (κ2) is 7.79. The summed E-state index contributed by atoms with van der Waals surface area (Å²) in [5.41, 5.74) is 0.928. The molecule has 2 heterocycles. The molecule has 1 amide bonds. The van der Waals surface area contributed by atoms with E-state index >= 15 is 0 Å². The topological polar surface area (TPSA) is 78.7 Å². The first kappa shape index (κ1) is 18.7. The number of aromatic nitrogens is 3. The summed E-state index contributed by atoms with van der Waals surface area (Å²) in [6, 6.07) is 6.11. The van der Waals surface area contributed by atoms with Crippen LogP contribution in [-0.4, -0.2) is 59.5 Å². The van der Waals surface area contributed by atoms with E-state index in [4.69, 9.17) is 14.2 Å². The molecule has 150 valence electrons. The highest BCUT2D eigenvalue weighted by Gasteiger charge is 2.41. The molecule has 0 spiro atoms. The van der Waals surface area contributed by atoms with Crippen molar-refractivity contribution < 1.29 is 19.0 Å². The number of hydrogen-bond acceptors (Lipinski definition) is 6. The van der Waals surface area contributed by atoms with Crippen LogP contribution in [0.15, 0.2) is 18.2 Å². The van der Waals surface area contributed by atoms with Gasteiger partial charge in [-0.15, -0.1) is 10.2 Å². The van der Waals surface area contributed by atoms with Crippen molar-refractivity contribution in [3.05, 3.63) is 24.0 Å². The van der Waals surface area contributed by atoms with E-state index in [9.17, 15) is 4.79 Å². The van der Waals surface area contributed by atoms with E-state index in [1.165, 1.54) is 0 Å². The molecular formula is C20H26N4O4. The summed E-state index contributed by atoms with van der Waals surface area (Å²) in [6.07, 6.45) is 4.26. The van der Waals surface area contributed by atoms with Gasteiger partial charge in [0.25, 0.3) is 0 Å². The van der Waals surface area contributed by atoms with Gasteiger partial charge < -0.3 is 23.7 Å². The highest BCUT2D eigenvalue weighted by molar-refractivity contribution is 5.78. The van der Waals surface area contributed by atoms with Crippen molar-refractivity contribution in [3.63, 3.8) is 0 Å². The standard InChI is InChI=1S/C20H26N4O4/c1-26-12-19(25)23-11-18-21-22-20(24(18)15-7-5-4-6-14(15)23)13-8-9-16(27-2)17(10-13)28-3/h8-10,14-15H,4-7,11-12H2,1-3H3/t14-,15+/m0/s1. The van der Waals surface area contributed by atoms with E-state index in [0.29, 0.717) is 18.0 Å². The van der Waals surface area contributed by atoms with Crippen molar-refractivity contribution in [2.75, 3.05) is 27.9 Å². The molecule has 1 aromatic carbocycles. The van der Waals surface area contributed by atoms with Gasteiger partial charge in [-0.2, -0.15) is 0 Å². The molecule has 0 saturated heterocycles. The van der Waals surface area contributed by atoms with Gasteiger partial charge in [0, 0.05) is 12.7 Å². The Morgan fingerprint density at radius 2 is 1.82 bits per heavy atom. The predicted octanol–water partition coefficient (Wildman–Crippen LogP) is 2.43. The maximum Gasteiger partial charge on any atom is 0.249 e. The molecule has 8 heteroatoms. The number of carbonyl (C=O) groups is 1. The smallest absolute Gasteiger partial charge is 0.249 e. The van der Waals surface area contributed by atoms with Crippen LogP contribution < -0.4 is 9.47 Å². The quantitative estimate of drug-likeness (QED) is 0.785. The number of hydrogen-bond donors (Lipinski definition) is 0. The Morgan fingerprint density at radius 1 is 1.07 bits per heavy atom. The Kier molecular flexibility index (Phi) is 5.21. The maximum absolute atomic E-state index is 12.6. The van der Waals surface area contributed by atoms with Crippen molar-refractivity contribution >= 4 is 5.91 Å². The molecule has 1 aliphatic carbocycles. The van der Waals surface area contributed by atoms with E-state index in [2.05, 4.69) is 14.8 Å². The van der Waals surface area contributed by atoms with Gasteiger partial charge in [0.2, 0.25) is 5.91 Å². The predicted molar refractivity (Wildman–Crippen MR) is 102 cm³/mol. The summed E-state index contributed by atoms with van der Waals surface area (Å²) >= 11 is 0. The third-order valence-electron chi connectivity index (χ3n) is 5.73. The van der Waals surface area contributed by atoms with Crippen molar-refractivity contribution in [1.29, 1.82) is 0 Å². The van der Waals surface area contributed by atoms with Gasteiger partial charge in [-0.05, 0) is 31.0 Å².